The molecule has 1 atom stereocenters. The van der Waals surface area contributed by atoms with Crippen LogP contribution in [0.1, 0.15) is 25.6 Å². The van der Waals surface area contributed by atoms with Gasteiger partial charge in [-0.05, 0) is 26.3 Å². The van der Waals surface area contributed by atoms with Crippen LogP contribution in [0, 0.1) is 6.92 Å². The van der Waals surface area contributed by atoms with E-state index < -0.39 is 12.0 Å². The van der Waals surface area contributed by atoms with Gasteiger partial charge in [0.15, 0.2) is 0 Å². The highest BCUT2D eigenvalue weighted by Crippen LogP contribution is 2.14. The summed E-state index contributed by atoms with van der Waals surface area (Å²) >= 11 is 1.46. The van der Waals surface area contributed by atoms with Gasteiger partial charge in [-0.2, -0.15) is 0 Å². The number of carbonyl (C=O) groups is 1. The molecule has 0 aliphatic carbocycles. The van der Waals surface area contributed by atoms with Gasteiger partial charge in [-0.3, -0.25) is 9.89 Å². The lowest BCUT2D eigenvalue weighted by Gasteiger charge is -2.12. The predicted octanol–water partition coefficient (Wildman–Crippen LogP) is 1.05. The summed E-state index contributed by atoms with van der Waals surface area (Å²) in [5.41, 5.74) is 0. The van der Waals surface area contributed by atoms with Gasteiger partial charge < -0.3 is 10.4 Å². The van der Waals surface area contributed by atoms with Crippen LogP contribution in [-0.2, 0) is 4.79 Å². The number of hydrogen-bond donors (Lipinski definition) is 3. The molecule has 0 radical (unpaired) electrons. The number of carboxylic acids is 1. The Balaban J connectivity index is 2.29. The van der Waals surface area contributed by atoms with E-state index in [0.717, 1.165) is 18.8 Å². The molecule has 0 fully saturated rings. The van der Waals surface area contributed by atoms with Crippen molar-refractivity contribution in [2.24, 2.45) is 0 Å². The van der Waals surface area contributed by atoms with Crippen molar-refractivity contribution in [3.8, 4) is 0 Å². The zero-order valence-corrected chi connectivity index (χ0v) is 10.9. The lowest BCUT2D eigenvalue weighted by Crippen LogP contribution is -2.37. The standard InChI is InChI=1S/C10H18N4O2S/c1-3-5-11-8(9(15)16)4-6-17-10-12-7(2)13-14-10/h8,11H,3-6H2,1-2H3,(H,15,16)(H,12,13,14). The fourth-order valence-corrected chi connectivity index (χ4v) is 2.13. The lowest BCUT2D eigenvalue weighted by atomic mass is 10.2. The van der Waals surface area contributed by atoms with Crippen molar-refractivity contribution in [2.75, 3.05) is 12.3 Å². The van der Waals surface area contributed by atoms with Crippen LogP contribution in [0.2, 0.25) is 0 Å². The Morgan fingerprint density at radius 3 is 2.94 bits per heavy atom. The summed E-state index contributed by atoms with van der Waals surface area (Å²) in [4.78, 5) is 15.1. The predicted molar refractivity (Wildman–Crippen MR) is 66.2 cm³/mol. The minimum Gasteiger partial charge on any atom is -0.480 e. The molecule has 0 amide bonds. The molecule has 0 bridgehead atoms. The van der Waals surface area contributed by atoms with Crippen LogP contribution in [0.15, 0.2) is 5.16 Å². The van der Waals surface area contributed by atoms with Gasteiger partial charge in [-0.25, -0.2) is 4.98 Å². The minimum atomic E-state index is -0.801. The highest BCUT2D eigenvalue weighted by Gasteiger charge is 2.16. The van der Waals surface area contributed by atoms with Crippen LogP contribution in [0.3, 0.4) is 0 Å². The zero-order chi connectivity index (χ0) is 12.7. The molecule has 1 unspecified atom stereocenters. The molecule has 1 heterocycles. The molecule has 1 aromatic rings. The molecule has 7 heteroatoms. The van der Waals surface area contributed by atoms with Crippen LogP contribution >= 0.6 is 11.8 Å². The van der Waals surface area contributed by atoms with Gasteiger partial charge in [0.1, 0.15) is 11.9 Å². The molecule has 0 aliphatic heterocycles. The second-order valence-corrected chi connectivity index (χ2v) is 4.75. The van der Waals surface area contributed by atoms with Crippen LogP contribution in [0.25, 0.3) is 0 Å². The van der Waals surface area contributed by atoms with E-state index >= 15 is 0 Å². The van der Waals surface area contributed by atoms with Crippen LogP contribution in [0.5, 0.6) is 0 Å². The number of aromatic nitrogens is 3. The molecule has 0 aromatic carbocycles. The summed E-state index contributed by atoms with van der Waals surface area (Å²) in [5, 5.41) is 19.4. The number of nitrogens with zero attached hydrogens (tertiary/aromatic N) is 2. The maximum Gasteiger partial charge on any atom is 0.320 e. The second-order valence-electron chi connectivity index (χ2n) is 3.69. The van der Waals surface area contributed by atoms with Crippen molar-refractivity contribution >= 4 is 17.7 Å². The van der Waals surface area contributed by atoms with E-state index in [4.69, 9.17) is 5.11 Å². The molecule has 17 heavy (non-hydrogen) atoms. The highest BCUT2D eigenvalue weighted by atomic mass is 32.2. The molecule has 0 saturated carbocycles. The summed E-state index contributed by atoms with van der Waals surface area (Å²) in [7, 11) is 0. The van der Waals surface area contributed by atoms with E-state index in [-0.39, 0.29) is 0 Å². The molecule has 0 saturated heterocycles. The van der Waals surface area contributed by atoms with Gasteiger partial charge in [0.25, 0.3) is 0 Å². The van der Waals surface area contributed by atoms with Crippen LogP contribution in [0.4, 0.5) is 0 Å². The van der Waals surface area contributed by atoms with Crippen molar-refractivity contribution in [3.05, 3.63) is 5.82 Å². The second kappa shape index (κ2) is 7.29. The average molecular weight is 258 g/mol. The smallest absolute Gasteiger partial charge is 0.320 e. The van der Waals surface area contributed by atoms with Crippen molar-refractivity contribution in [1.82, 2.24) is 20.5 Å². The van der Waals surface area contributed by atoms with Crippen LogP contribution < -0.4 is 5.32 Å². The van der Waals surface area contributed by atoms with Gasteiger partial charge in [-0.15, -0.1) is 5.10 Å². The third-order valence-electron chi connectivity index (χ3n) is 2.15. The molecule has 1 rings (SSSR count). The van der Waals surface area contributed by atoms with E-state index in [9.17, 15) is 4.79 Å². The van der Waals surface area contributed by atoms with Gasteiger partial charge in [0.05, 0.1) is 0 Å². The van der Waals surface area contributed by atoms with Gasteiger partial charge in [0.2, 0.25) is 5.16 Å². The van der Waals surface area contributed by atoms with E-state index in [1.165, 1.54) is 11.8 Å². The third kappa shape index (κ3) is 5.18. The zero-order valence-electron chi connectivity index (χ0n) is 10.1. The number of H-pyrrole nitrogens is 1. The van der Waals surface area contributed by atoms with E-state index in [1.807, 2.05) is 13.8 Å². The van der Waals surface area contributed by atoms with E-state index in [2.05, 4.69) is 20.5 Å². The summed E-state index contributed by atoms with van der Waals surface area (Å²) in [6.45, 7) is 4.57. The van der Waals surface area contributed by atoms with Crippen LogP contribution in [-0.4, -0.2) is 44.6 Å². The van der Waals surface area contributed by atoms with Crippen molar-refractivity contribution in [3.63, 3.8) is 0 Å². The Morgan fingerprint density at radius 2 is 2.41 bits per heavy atom. The summed E-state index contributed by atoms with van der Waals surface area (Å²) in [5.74, 6) is 0.655. The number of carboxylic acid groups (broad SMARTS) is 1. The SMILES string of the molecule is CCCNC(CCSc1n[nH]c(C)n1)C(=O)O. The molecule has 0 aliphatic rings. The molecule has 96 valence electrons. The average Bonchev–Trinajstić information content (AvgIpc) is 2.68. The van der Waals surface area contributed by atoms with Gasteiger partial charge in [-0.1, -0.05) is 18.7 Å². The van der Waals surface area contributed by atoms with E-state index in [1.54, 1.807) is 0 Å². The van der Waals surface area contributed by atoms with Crippen molar-refractivity contribution in [2.45, 2.75) is 37.9 Å². The number of aryl methyl sites for hydroxylation is 1. The molecule has 6 nitrogen and oxygen atoms in total. The Kier molecular flexibility index (Phi) is 5.99. The minimum absolute atomic E-state index is 0.484. The van der Waals surface area contributed by atoms with Crippen molar-refractivity contribution in [1.29, 1.82) is 0 Å². The maximum atomic E-state index is 10.9. The first-order valence-corrected chi connectivity index (χ1v) is 6.60. The Hall–Kier alpha value is -1.08. The first kappa shape index (κ1) is 14.0. The topological polar surface area (TPSA) is 90.9 Å². The number of nitrogens with one attached hydrogen (secondary N) is 2. The molecule has 3 N–H and O–H groups in total. The van der Waals surface area contributed by atoms with Crippen molar-refractivity contribution < 1.29 is 9.90 Å². The molecular formula is C10H18N4O2S. The molecule has 1 aromatic heterocycles. The fourth-order valence-electron chi connectivity index (χ4n) is 1.29. The molecule has 0 spiro atoms. The Morgan fingerprint density at radius 1 is 1.65 bits per heavy atom. The highest BCUT2D eigenvalue weighted by molar-refractivity contribution is 7.99. The largest absolute Gasteiger partial charge is 0.480 e. The number of hydrogen-bond acceptors (Lipinski definition) is 5. The van der Waals surface area contributed by atoms with E-state index in [0.29, 0.717) is 17.3 Å². The normalized spacial score (nSPS) is 12.6. The molecular weight excluding hydrogens is 240 g/mol. The Labute approximate surface area is 105 Å². The Bertz CT molecular complexity index is 356. The number of aliphatic carboxylic acids is 1. The first-order valence-electron chi connectivity index (χ1n) is 5.61. The quantitative estimate of drug-likeness (QED) is 0.604. The van der Waals surface area contributed by atoms with Gasteiger partial charge >= 0.3 is 5.97 Å². The monoisotopic (exact) mass is 258 g/mol. The number of rotatable bonds is 8. The summed E-state index contributed by atoms with van der Waals surface area (Å²) < 4.78 is 0. The van der Waals surface area contributed by atoms with Gasteiger partial charge in [0, 0.05) is 5.75 Å². The third-order valence-corrected chi connectivity index (χ3v) is 3.03. The number of thioether (sulfide) groups is 1. The number of aromatic amines is 1. The first-order chi connectivity index (χ1) is 8.13. The summed E-state index contributed by atoms with van der Waals surface area (Å²) in [6, 6.07) is -0.484. The lowest BCUT2D eigenvalue weighted by molar-refractivity contribution is -0.139. The fraction of sp³-hybridized carbons (Fsp3) is 0.700. The maximum absolute atomic E-state index is 10.9. The summed E-state index contributed by atoms with van der Waals surface area (Å²) in [6.07, 6.45) is 1.49.